The van der Waals surface area contributed by atoms with Gasteiger partial charge in [0.05, 0.1) is 5.57 Å². The summed E-state index contributed by atoms with van der Waals surface area (Å²) in [4.78, 5) is 28.6. The Balaban J connectivity index is 1.53. The van der Waals surface area contributed by atoms with Gasteiger partial charge in [-0.15, -0.1) is 0 Å². The number of ketones is 1. The lowest BCUT2D eigenvalue weighted by Crippen LogP contribution is -2.29. The van der Waals surface area contributed by atoms with Crippen molar-refractivity contribution in [3.63, 3.8) is 0 Å². The third-order valence-corrected chi connectivity index (χ3v) is 7.22. The average Bonchev–Trinajstić information content (AvgIpc) is 3.43. The quantitative estimate of drug-likeness (QED) is 0.411. The molecule has 1 amide bonds. The third kappa shape index (κ3) is 5.05. The van der Waals surface area contributed by atoms with Crippen molar-refractivity contribution in [2.75, 3.05) is 6.54 Å². The minimum atomic E-state index is -1.49. The predicted octanol–water partition coefficient (Wildman–Crippen LogP) is 2.85. The molecule has 1 saturated carbocycles. The largest absolute Gasteiger partial charge is 0.505 e. The molecule has 4 rings (SSSR count). The van der Waals surface area contributed by atoms with Gasteiger partial charge in [0, 0.05) is 19.0 Å². The number of amides is 1. The van der Waals surface area contributed by atoms with E-state index < -0.39 is 23.9 Å². The fraction of sp³-hybridized carbons (Fsp3) is 0.444. The number of hydrogen-bond donors (Lipinski definition) is 4. The lowest BCUT2D eigenvalue weighted by atomic mass is 9.85. The van der Waals surface area contributed by atoms with E-state index in [4.69, 9.17) is 0 Å². The van der Waals surface area contributed by atoms with Crippen LogP contribution in [0.5, 0.6) is 0 Å². The molecule has 0 aromatic carbocycles. The van der Waals surface area contributed by atoms with Gasteiger partial charge in [0.15, 0.2) is 17.8 Å². The molecule has 0 saturated heterocycles. The number of Topliss-reactive ketones (excluding diaryl/α,β-unsaturated/α-hetero) is 1. The molecule has 4 N–H and O–H groups in total. The maximum absolute atomic E-state index is 12.7. The molecule has 2 heterocycles. The van der Waals surface area contributed by atoms with E-state index in [1.54, 1.807) is 6.08 Å². The van der Waals surface area contributed by atoms with Gasteiger partial charge in [-0.2, -0.15) is 0 Å². The zero-order chi connectivity index (χ0) is 24.2. The molecule has 2 aliphatic carbocycles. The lowest BCUT2D eigenvalue weighted by Gasteiger charge is -2.19. The van der Waals surface area contributed by atoms with Crippen LogP contribution < -0.4 is 5.32 Å². The highest BCUT2D eigenvalue weighted by molar-refractivity contribution is 6.12. The number of rotatable bonds is 0. The summed E-state index contributed by atoms with van der Waals surface area (Å²) in [6, 6.07) is 0. The number of hydrogen-bond acceptors (Lipinski definition) is 6. The van der Waals surface area contributed by atoms with Crippen molar-refractivity contribution in [3.8, 4) is 0 Å². The third-order valence-electron chi connectivity index (χ3n) is 7.22. The second-order valence-corrected chi connectivity index (χ2v) is 9.34. The topological polar surface area (TPSA) is 119 Å². The van der Waals surface area contributed by atoms with Gasteiger partial charge in [0.25, 0.3) is 0 Å². The molecule has 0 spiro atoms. The van der Waals surface area contributed by atoms with Crippen LogP contribution in [0.4, 0.5) is 0 Å². The smallest absolute Gasteiger partial charge is 0.243 e. The zero-order valence-corrected chi connectivity index (χ0v) is 19.1. The summed E-state index contributed by atoms with van der Waals surface area (Å²) in [5.74, 6) is 0.487. The number of aliphatic hydroxyl groups is 3. The molecule has 1 fully saturated rings. The Hall–Kier alpha value is -3.03. The van der Waals surface area contributed by atoms with E-state index >= 15 is 0 Å². The van der Waals surface area contributed by atoms with Crippen LogP contribution in [-0.4, -0.2) is 51.6 Å². The Morgan fingerprint density at radius 3 is 2.74 bits per heavy atom. The molecule has 2 aliphatic heterocycles. The van der Waals surface area contributed by atoms with Gasteiger partial charge in [-0.1, -0.05) is 54.7 Å². The van der Waals surface area contributed by atoms with E-state index in [2.05, 4.69) is 41.2 Å². The first-order chi connectivity index (χ1) is 16.4. The molecule has 7 heteroatoms. The van der Waals surface area contributed by atoms with Crippen LogP contribution in [-0.2, 0) is 9.59 Å². The minimum absolute atomic E-state index is 0.0830. The van der Waals surface area contributed by atoms with E-state index in [1.165, 1.54) is 11.6 Å². The molecule has 2 unspecified atom stereocenters. The van der Waals surface area contributed by atoms with Gasteiger partial charge in [0.1, 0.15) is 11.8 Å². The second kappa shape index (κ2) is 10.5. The second-order valence-electron chi connectivity index (χ2n) is 9.34. The van der Waals surface area contributed by atoms with Gasteiger partial charge in [-0.25, -0.2) is 4.99 Å². The van der Waals surface area contributed by atoms with Gasteiger partial charge in [-0.05, 0) is 49.4 Å². The van der Waals surface area contributed by atoms with Crippen LogP contribution >= 0.6 is 0 Å². The monoisotopic (exact) mass is 464 g/mol. The summed E-state index contributed by atoms with van der Waals surface area (Å²) in [7, 11) is 0. The zero-order valence-electron chi connectivity index (χ0n) is 19.1. The molecule has 0 aromatic rings. The first-order valence-corrected chi connectivity index (χ1v) is 11.9. The van der Waals surface area contributed by atoms with Crippen molar-refractivity contribution >= 4 is 17.4 Å². The van der Waals surface area contributed by atoms with Gasteiger partial charge in [-0.3, -0.25) is 9.59 Å². The van der Waals surface area contributed by atoms with E-state index in [0.717, 1.165) is 12.8 Å². The maximum Gasteiger partial charge on any atom is 0.243 e. The van der Waals surface area contributed by atoms with Crippen LogP contribution in [0.25, 0.3) is 0 Å². The Kier molecular flexibility index (Phi) is 7.44. The van der Waals surface area contributed by atoms with Crippen molar-refractivity contribution in [2.24, 2.45) is 28.7 Å². The summed E-state index contributed by atoms with van der Waals surface area (Å²) >= 11 is 0. The lowest BCUT2D eigenvalue weighted by molar-refractivity contribution is -0.117. The number of nitrogens with zero attached hydrogens (tertiary/aromatic N) is 1. The molecule has 7 nitrogen and oxygen atoms in total. The molecular weight excluding hydrogens is 432 g/mol. The Bertz CT molecular complexity index is 1030. The van der Waals surface area contributed by atoms with E-state index in [9.17, 15) is 24.9 Å². The number of allylic oxidation sites excluding steroid dienone is 8. The average molecular weight is 465 g/mol. The molecule has 180 valence electrons. The summed E-state index contributed by atoms with van der Waals surface area (Å²) in [6.07, 6.45) is 15.5. The highest BCUT2D eigenvalue weighted by atomic mass is 16.3. The van der Waals surface area contributed by atoms with Crippen molar-refractivity contribution in [2.45, 2.75) is 44.4 Å². The molecule has 0 radical (unpaired) electrons. The molecule has 6 atom stereocenters. The van der Waals surface area contributed by atoms with E-state index in [-0.39, 0.29) is 36.6 Å². The summed E-state index contributed by atoms with van der Waals surface area (Å²) in [6.45, 7) is 4.34. The molecule has 0 aromatic heterocycles. The van der Waals surface area contributed by atoms with Crippen molar-refractivity contribution in [1.29, 1.82) is 0 Å². The normalized spacial score (nSPS) is 37.6. The molecule has 34 heavy (non-hydrogen) atoms. The summed E-state index contributed by atoms with van der Waals surface area (Å²) in [5.41, 5.74) is 0.869. The van der Waals surface area contributed by atoms with Crippen LogP contribution in [0.2, 0.25) is 0 Å². The number of carbonyl (C=O) groups is 2. The molecule has 4 aliphatic rings. The standard InChI is InChI=1S/C27H32N2O5/c1-16-11-12-19-18-8-3-2-4-10-23(32)28-14-13-22(31)25-26(33)24(27(34)29-25)21(30)9-6-5-7-17(18)15-20(16)19/h2-5,7,10-12,17-20,22,27,31,33-34H,1,6,8-9,13-15H2,(H,28,32)/b3-2-,7-5+,10-4+/t17-,18+,19-,20-,22?,27?/m1/s1. The SMILES string of the molecule is C=C1C=C[C@@H]2[C@H]3C/C=C\C=C\C(=O)NCCC(O)C4=NC(O)C(=C4O)C(=O)CC/C=C/[C@@H]3C[C@H]12. The first kappa shape index (κ1) is 24.1. The number of fused-ring (bicyclic) bond motifs is 4. The predicted molar refractivity (Wildman–Crippen MR) is 130 cm³/mol. The van der Waals surface area contributed by atoms with Crippen LogP contribution in [0, 0.1) is 23.7 Å². The fourth-order valence-corrected chi connectivity index (χ4v) is 5.44. The van der Waals surface area contributed by atoms with Crippen LogP contribution in [0.1, 0.15) is 32.1 Å². The van der Waals surface area contributed by atoms with Gasteiger partial charge < -0.3 is 20.6 Å². The number of aliphatic hydroxyl groups excluding tert-OH is 3. The fourth-order valence-electron chi connectivity index (χ4n) is 5.44. The van der Waals surface area contributed by atoms with E-state index in [0.29, 0.717) is 30.1 Å². The molecule has 2 bridgehead atoms. The number of aliphatic imine (C=N–C) groups is 1. The van der Waals surface area contributed by atoms with Gasteiger partial charge >= 0.3 is 0 Å². The highest BCUT2D eigenvalue weighted by Gasteiger charge is 2.42. The molecular formula is C27H32N2O5. The first-order valence-electron chi connectivity index (χ1n) is 11.9. The summed E-state index contributed by atoms with van der Waals surface area (Å²) < 4.78 is 0. The maximum atomic E-state index is 12.7. The van der Waals surface area contributed by atoms with Crippen LogP contribution in [0.3, 0.4) is 0 Å². The Labute approximate surface area is 199 Å². The van der Waals surface area contributed by atoms with Crippen molar-refractivity contribution < 1.29 is 24.9 Å². The Morgan fingerprint density at radius 1 is 1.09 bits per heavy atom. The van der Waals surface area contributed by atoms with E-state index in [1.807, 2.05) is 12.2 Å². The number of nitrogens with one attached hydrogen (secondary N) is 1. The summed E-state index contributed by atoms with van der Waals surface area (Å²) in [5, 5.41) is 33.7. The number of carbonyl (C=O) groups excluding carboxylic acids is 2. The Morgan fingerprint density at radius 2 is 1.91 bits per heavy atom. The minimum Gasteiger partial charge on any atom is -0.505 e. The van der Waals surface area contributed by atoms with Gasteiger partial charge in [0.2, 0.25) is 5.91 Å². The van der Waals surface area contributed by atoms with Crippen molar-refractivity contribution in [1.82, 2.24) is 5.32 Å². The van der Waals surface area contributed by atoms with Crippen molar-refractivity contribution in [3.05, 3.63) is 72.1 Å². The highest BCUT2D eigenvalue weighted by Crippen LogP contribution is 2.51. The van der Waals surface area contributed by atoms with Crippen LogP contribution in [0.15, 0.2) is 77.1 Å².